The first-order valence-electron chi connectivity index (χ1n) is 8.92. The summed E-state index contributed by atoms with van der Waals surface area (Å²) in [7, 11) is 0. The summed E-state index contributed by atoms with van der Waals surface area (Å²) in [5.74, 6) is 0.555. The van der Waals surface area contributed by atoms with Crippen LogP contribution in [0.15, 0.2) is 0 Å². The summed E-state index contributed by atoms with van der Waals surface area (Å²) in [6.45, 7) is 15.6. The van der Waals surface area contributed by atoms with Crippen molar-refractivity contribution in [3.8, 4) is 0 Å². The molecule has 2 aliphatic rings. The Balaban J connectivity index is 1.82. The largest absolute Gasteiger partial charge is 0.347 e. The first-order chi connectivity index (χ1) is 9.88. The second-order valence-corrected chi connectivity index (χ2v) is 8.00. The first kappa shape index (κ1) is 17.2. The van der Waals surface area contributed by atoms with E-state index >= 15 is 0 Å². The van der Waals surface area contributed by atoms with Gasteiger partial charge in [0, 0.05) is 19.4 Å². The molecule has 3 heteroatoms. The third-order valence-electron chi connectivity index (χ3n) is 5.33. The molecule has 2 fully saturated rings. The molecule has 3 nitrogen and oxygen atoms in total. The molecule has 1 aliphatic carbocycles. The summed E-state index contributed by atoms with van der Waals surface area (Å²) in [5.41, 5.74) is 0.416. The topological polar surface area (TPSA) is 21.7 Å². The molecule has 0 radical (unpaired) electrons. The van der Waals surface area contributed by atoms with Gasteiger partial charge in [0.1, 0.15) is 0 Å². The summed E-state index contributed by atoms with van der Waals surface area (Å²) in [6.07, 6.45) is 6.10. The van der Waals surface area contributed by atoms with Gasteiger partial charge in [0.2, 0.25) is 0 Å². The average Bonchev–Trinajstić information content (AvgIpc) is 2.80. The van der Waals surface area contributed by atoms with E-state index in [1.807, 2.05) is 0 Å². The van der Waals surface area contributed by atoms with E-state index in [1.54, 1.807) is 0 Å². The van der Waals surface area contributed by atoms with Gasteiger partial charge in [-0.25, -0.2) is 0 Å². The maximum Gasteiger partial charge on any atom is 0.168 e. The molecule has 0 bridgehead atoms. The summed E-state index contributed by atoms with van der Waals surface area (Å²) in [5, 5.41) is 0. The van der Waals surface area contributed by atoms with Gasteiger partial charge in [-0.15, -0.1) is 0 Å². The molecule has 1 atom stereocenters. The van der Waals surface area contributed by atoms with E-state index < -0.39 is 0 Å². The average molecular weight is 297 g/mol. The monoisotopic (exact) mass is 297 g/mol. The van der Waals surface area contributed by atoms with Gasteiger partial charge in [0.05, 0.1) is 12.7 Å². The van der Waals surface area contributed by atoms with Crippen molar-refractivity contribution in [3.05, 3.63) is 0 Å². The molecule has 0 N–H and O–H groups in total. The first-order valence-corrected chi connectivity index (χ1v) is 8.92. The van der Waals surface area contributed by atoms with Crippen LogP contribution < -0.4 is 0 Å². The molecular weight excluding hydrogens is 262 g/mol. The molecule has 0 aromatic heterocycles. The van der Waals surface area contributed by atoms with Gasteiger partial charge < -0.3 is 14.4 Å². The standard InChI is InChI=1S/C18H35NO2/c1-6-12-19(7-2)13-16-14-20-18(21-16)10-8-15(9-11-18)17(3,4)5/h15-16H,6-14H2,1-5H3/t15?,16-,18?/m0/s1. The lowest BCUT2D eigenvalue weighted by Gasteiger charge is -2.41. The predicted molar refractivity (Wildman–Crippen MR) is 87.4 cm³/mol. The highest BCUT2D eigenvalue weighted by Gasteiger charge is 2.45. The van der Waals surface area contributed by atoms with Crippen molar-refractivity contribution >= 4 is 0 Å². The normalized spacial score (nSPS) is 34.0. The quantitative estimate of drug-likeness (QED) is 0.763. The van der Waals surface area contributed by atoms with Crippen LogP contribution in [0.1, 0.15) is 66.7 Å². The Labute approximate surface area is 131 Å². The third-order valence-corrected chi connectivity index (χ3v) is 5.33. The minimum atomic E-state index is -0.252. The zero-order valence-electron chi connectivity index (χ0n) is 14.8. The number of hydrogen-bond acceptors (Lipinski definition) is 3. The van der Waals surface area contributed by atoms with E-state index in [4.69, 9.17) is 9.47 Å². The van der Waals surface area contributed by atoms with Gasteiger partial charge in [0.25, 0.3) is 0 Å². The lowest BCUT2D eigenvalue weighted by atomic mass is 9.71. The zero-order chi connectivity index (χ0) is 15.5. The van der Waals surface area contributed by atoms with E-state index in [1.165, 1.54) is 19.3 Å². The van der Waals surface area contributed by atoms with Crippen LogP contribution in [0.2, 0.25) is 0 Å². The summed E-state index contributed by atoms with van der Waals surface area (Å²) < 4.78 is 12.5. The Hall–Kier alpha value is -0.120. The number of ether oxygens (including phenoxy) is 2. The Morgan fingerprint density at radius 1 is 1.14 bits per heavy atom. The van der Waals surface area contributed by atoms with Crippen LogP contribution in [0, 0.1) is 11.3 Å². The van der Waals surface area contributed by atoms with Crippen LogP contribution in [0.25, 0.3) is 0 Å². The second-order valence-electron chi connectivity index (χ2n) is 8.00. The maximum absolute atomic E-state index is 6.37. The summed E-state index contributed by atoms with van der Waals surface area (Å²) in [6, 6.07) is 0. The van der Waals surface area contributed by atoms with E-state index in [-0.39, 0.29) is 11.9 Å². The second kappa shape index (κ2) is 6.97. The smallest absolute Gasteiger partial charge is 0.168 e. The van der Waals surface area contributed by atoms with Gasteiger partial charge in [-0.2, -0.15) is 0 Å². The van der Waals surface area contributed by atoms with Crippen LogP contribution >= 0.6 is 0 Å². The van der Waals surface area contributed by atoms with Gasteiger partial charge in [-0.05, 0) is 43.7 Å². The van der Waals surface area contributed by atoms with Crippen LogP contribution in [0.4, 0.5) is 0 Å². The van der Waals surface area contributed by atoms with E-state index in [9.17, 15) is 0 Å². The molecule has 0 aromatic carbocycles. The van der Waals surface area contributed by atoms with Crippen LogP contribution in [0.3, 0.4) is 0 Å². The molecule has 0 aromatic rings. The van der Waals surface area contributed by atoms with E-state index in [2.05, 4.69) is 39.5 Å². The van der Waals surface area contributed by atoms with Gasteiger partial charge >= 0.3 is 0 Å². The maximum atomic E-state index is 6.37. The van der Waals surface area contributed by atoms with E-state index in [0.717, 1.165) is 45.0 Å². The van der Waals surface area contributed by atoms with Crippen molar-refractivity contribution in [2.24, 2.45) is 11.3 Å². The Morgan fingerprint density at radius 2 is 1.81 bits per heavy atom. The van der Waals surface area contributed by atoms with Gasteiger partial charge in [0.15, 0.2) is 5.79 Å². The predicted octanol–water partition coefficient (Wildman–Crippen LogP) is 4.07. The minimum absolute atomic E-state index is 0.252. The zero-order valence-corrected chi connectivity index (χ0v) is 14.8. The number of rotatable bonds is 5. The van der Waals surface area contributed by atoms with E-state index in [0.29, 0.717) is 5.41 Å². The van der Waals surface area contributed by atoms with Crippen LogP contribution in [-0.2, 0) is 9.47 Å². The molecule has 1 spiro atoms. The van der Waals surface area contributed by atoms with Crippen LogP contribution in [-0.4, -0.2) is 43.0 Å². The minimum Gasteiger partial charge on any atom is -0.347 e. The lowest BCUT2D eigenvalue weighted by Crippen LogP contribution is -2.40. The van der Waals surface area contributed by atoms with Gasteiger partial charge in [-0.3, -0.25) is 0 Å². The summed E-state index contributed by atoms with van der Waals surface area (Å²) in [4.78, 5) is 2.48. The fourth-order valence-corrected chi connectivity index (χ4v) is 3.88. The van der Waals surface area contributed by atoms with Crippen molar-refractivity contribution in [1.29, 1.82) is 0 Å². The highest BCUT2D eigenvalue weighted by Crippen LogP contribution is 2.45. The Morgan fingerprint density at radius 3 is 2.33 bits per heavy atom. The highest BCUT2D eigenvalue weighted by molar-refractivity contribution is 4.89. The number of hydrogen-bond donors (Lipinski definition) is 0. The number of nitrogens with zero attached hydrogens (tertiary/aromatic N) is 1. The third kappa shape index (κ3) is 4.43. The highest BCUT2D eigenvalue weighted by atomic mass is 16.7. The molecule has 1 saturated carbocycles. The molecule has 124 valence electrons. The van der Waals surface area contributed by atoms with Crippen molar-refractivity contribution in [2.75, 3.05) is 26.2 Å². The molecule has 2 rings (SSSR count). The van der Waals surface area contributed by atoms with Crippen molar-refractivity contribution in [2.45, 2.75) is 78.6 Å². The van der Waals surface area contributed by atoms with Crippen molar-refractivity contribution < 1.29 is 9.47 Å². The van der Waals surface area contributed by atoms with Crippen LogP contribution in [0.5, 0.6) is 0 Å². The molecule has 0 unspecified atom stereocenters. The Bertz CT molecular complexity index is 316. The molecular formula is C18H35NO2. The molecule has 1 aliphatic heterocycles. The SMILES string of the molecule is CCCN(CC)C[C@H]1COC2(CCC(C(C)(C)C)CC2)O1. The molecule has 1 saturated heterocycles. The molecule has 21 heavy (non-hydrogen) atoms. The lowest BCUT2D eigenvalue weighted by molar-refractivity contribution is -0.197. The molecule has 0 amide bonds. The fraction of sp³-hybridized carbons (Fsp3) is 1.00. The van der Waals surface area contributed by atoms with Gasteiger partial charge in [-0.1, -0.05) is 34.6 Å². The fourth-order valence-electron chi connectivity index (χ4n) is 3.88. The number of likely N-dealkylation sites (N-methyl/N-ethyl adjacent to an activating group) is 1. The van der Waals surface area contributed by atoms with Crippen molar-refractivity contribution in [1.82, 2.24) is 4.90 Å². The summed E-state index contributed by atoms with van der Waals surface area (Å²) >= 11 is 0. The molecule has 1 heterocycles. The Kier molecular flexibility index (Phi) is 5.72. The van der Waals surface area contributed by atoms with Crippen molar-refractivity contribution in [3.63, 3.8) is 0 Å².